The quantitative estimate of drug-likeness (QED) is 0.835. The van der Waals surface area contributed by atoms with Crippen molar-refractivity contribution in [2.24, 2.45) is 0 Å². The van der Waals surface area contributed by atoms with Crippen LogP contribution in [0, 0.1) is 13.8 Å². The Morgan fingerprint density at radius 3 is 2.35 bits per heavy atom. The Kier molecular flexibility index (Phi) is 5.93. The zero-order valence-corrected chi connectivity index (χ0v) is 14.7. The molecule has 0 spiro atoms. The molecule has 0 unspecified atom stereocenters. The Morgan fingerprint density at radius 2 is 1.70 bits per heavy atom. The number of amides is 2. The van der Waals surface area contributed by atoms with Gasteiger partial charge in [0.25, 0.3) is 5.91 Å². The standard InChI is InChI=1S/C18H19BrN2O2/c1-12-3-8-16(11-13(12)2)21-17(22)9-10-20-18(23)14-4-6-15(19)7-5-14/h3-8,11H,9-10H2,1-2H3,(H,20,23)(H,21,22). The van der Waals surface area contributed by atoms with Crippen LogP contribution in [0.1, 0.15) is 27.9 Å². The zero-order valence-electron chi connectivity index (χ0n) is 13.2. The number of carbonyl (C=O) groups is 2. The molecule has 2 rings (SSSR count). The molecular formula is C18H19BrN2O2. The highest BCUT2D eigenvalue weighted by molar-refractivity contribution is 9.10. The second-order valence-electron chi connectivity index (χ2n) is 5.36. The number of carbonyl (C=O) groups excluding carboxylic acids is 2. The number of hydrogen-bond donors (Lipinski definition) is 2. The molecule has 120 valence electrons. The van der Waals surface area contributed by atoms with Crippen molar-refractivity contribution in [3.63, 3.8) is 0 Å². The van der Waals surface area contributed by atoms with Crippen LogP contribution in [0.3, 0.4) is 0 Å². The van der Waals surface area contributed by atoms with E-state index in [0.717, 1.165) is 15.7 Å². The third-order valence-corrected chi connectivity index (χ3v) is 4.06. The summed E-state index contributed by atoms with van der Waals surface area (Å²) in [6.07, 6.45) is 0.231. The third-order valence-electron chi connectivity index (χ3n) is 3.53. The van der Waals surface area contributed by atoms with Crippen LogP contribution in [0.25, 0.3) is 0 Å². The smallest absolute Gasteiger partial charge is 0.251 e. The SMILES string of the molecule is Cc1ccc(NC(=O)CCNC(=O)c2ccc(Br)cc2)cc1C. The molecule has 2 amide bonds. The highest BCUT2D eigenvalue weighted by Gasteiger charge is 2.07. The van der Waals surface area contributed by atoms with Gasteiger partial charge in [0.15, 0.2) is 0 Å². The van der Waals surface area contributed by atoms with Gasteiger partial charge in [0.1, 0.15) is 0 Å². The van der Waals surface area contributed by atoms with E-state index in [2.05, 4.69) is 26.6 Å². The first-order chi connectivity index (χ1) is 11.0. The molecule has 2 N–H and O–H groups in total. The number of hydrogen-bond acceptors (Lipinski definition) is 2. The molecular weight excluding hydrogens is 356 g/mol. The van der Waals surface area contributed by atoms with E-state index < -0.39 is 0 Å². The van der Waals surface area contributed by atoms with Gasteiger partial charge in [-0.15, -0.1) is 0 Å². The van der Waals surface area contributed by atoms with Gasteiger partial charge in [-0.1, -0.05) is 22.0 Å². The maximum Gasteiger partial charge on any atom is 0.251 e. The Balaban J connectivity index is 1.79. The highest BCUT2D eigenvalue weighted by atomic mass is 79.9. The van der Waals surface area contributed by atoms with E-state index in [0.29, 0.717) is 12.1 Å². The molecule has 0 radical (unpaired) electrons. The average Bonchev–Trinajstić information content (AvgIpc) is 2.51. The predicted octanol–water partition coefficient (Wildman–Crippen LogP) is 3.82. The average molecular weight is 375 g/mol. The van der Waals surface area contributed by atoms with Crippen molar-refractivity contribution in [3.05, 3.63) is 63.6 Å². The van der Waals surface area contributed by atoms with Crippen molar-refractivity contribution in [1.29, 1.82) is 0 Å². The van der Waals surface area contributed by atoms with Crippen LogP contribution in [-0.4, -0.2) is 18.4 Å². The molecule has 0 aromatic heterocycles. The third kappa shape index (κ3) is 5.21. The minimum absolute atomic E-state index is 0.121. The summed E-state index contributed by atoms with van der Waals surface area (Å²) in [6.45, 7) is 4.33. The molecule has 5 heteroatoms. The minimum Gasteiger partial charge on any atom is -0.352 e. The molecule has 0 atom stereocenters. The summed E-state index contributed by atoms with van der Waals surface area (Å²) in [5.74, 6) is -0.305. The fourth-order valence-electron chi connectivity index (χ4n) is 2.04. The van der Waals surface area contributed by atoms with Crippen molar-refractivity contribution in [1.82, 2.24) is 5.32 Å². The number of benzene rings is 2. The van der Waals surface area contributed by atoms with Gasteiger partial charge in [0.05, 0.1) is 0 Å². The molecule has 0 aliphatic rings. The van der Waals surface area contributed by atoms with Crippen molar-refractivity contribution >= 4 is 33.4 Å². The summed E-state index contributed by atoms with van der Waals surface area (Å²) in [4.78, 5) is 23.8. The van der Waals surface area contributed by atoms with Crippen molar-refractivity contribution < 1.29 is 9.59 Å². The lowest BCUT2D eigenvalue weighted by molar-refractivity contribution is -0.116. The number of nitrogens with one attached hydrogen (secondary N) is 2. The molecule has 2 aromatic carbocycles. The fraction of sp³-hybridized carbons (Fsp3) is 0.222. The molecule has 0 aliphatic carbocycles. The molecule has 0 saturated carbocycles. The lowest BCUT2D eigenvalue weighted by Crippen LogP contribution is -2.27. The van der Waals surface area contributed by atoms with E-state index in [4.69, 9.17) is 0 Å². The second kappa shape index (κ2) is 7.92. The lowest BCUT2D eigenvalue weighted by atomic mass is 10.1. The second-order valence-corrected chi connectivity index (χ2v) is 6.28. The van der Waals surface area contributed by atoms with Crippen LogP contribution < -0.4 is 10.6 Å². The number of rotatable bonds is 5. The molecule has 0 bridgehead atoms. The maximum absolute atomic E-state index is 11.9. The van der Waals surface area contributed by atoms with E-state index in [9.17, 15) is 9.59 Å². The summed E-state index contributed by atoms with van der Waals surface area (Å²) in [5.41, 5.74) is 3.66. The van der Waals surface area contributed by atoms with Gasteiger partial charge in [-0.2, -0.15) is 0 Å². The first kappa shape index (κ1) is 17.2. The molecule has 0 heterocycles. The van der Waals surface area contributed by atoms with Crippen molar-refractivity contribution in [2.45, 2.75) is 20.3 Å². The molecule has 0 aliphatic heterocycles. The summed E-state index contributed by atoms with van der Waals surface area (Å²) in [7, 11) is 0. The van der Waals surface area contributed by atoms with Crippen molar-refractivity contribution in [2.75, 3.05) is 11.9 Å². The van der Waals surface area contributed by atoms with Gasteiger partial charge in [0.2, 0.25) is 5.91 Å². The summed E-state index contributed by atoms with van der Waals surface area (Å²) < 4.78 is 0.918. The fourth-order valence-corrected chi connectivity index (χ4v) is 2.30. The Labute approximate surface area is 144 Å². The maximum atomic E-state index is 11.9. The minimum atomic E-state index is -0.184. The predicted molar refractivity (Wildman–Crippen MR) is 95.6 cm³/mol. The van der Waals surface area contributed by atoms with Crippen LogP contribution in [0.15, 0.2) is 46.9 Å². The summed E-state index contributed by atoms with van der Waals surface area (Å²) >= 11 is 3.32. The monoisotopic (exact) mass is 374 g/mol. The summed E-state index contributed by atoms with van der Waals surface area (Å²) in [6, 6.07) is 12.9. The first-order valence-corrected chi connectivity index (χ1v) is 8.16. The van der Waals surface area contributed by atoms with E-state index in [1.54, 1.807) is 24.3 Å². The normalized spacial score (nSPS) is 10.2. The van der Waals surface area contributed by atoms with Crippen LogP contribution in [-0.2, 0) is 4.79 Å². The topological polar surface area (TPSA) is 58.2 Å². The molecule has 4 nitrogen and oxygen atoms in total. The Hall–Kier alpha value is -2.14. The van der Waals surface area contributed by atoms with E-state index in [1.807, 2.05) is 32.0 Å². The van der Waals surface area contributed by atoms with E-state index in [1.165, 1.54) is 5.56 Å². The van der Waals surface area contributed by atoms with Crippen LogP contribution in [0.5, 0.6) is 0 Å². The Bertz CT molecular complexity index is 711. The molecule has 2 aromatic rings. The van der Waals surface area contributed by atoms with Crippen LogP contribution in [0.4, 0.5) is 5.69 Å². The number of anilines is 1. The van der Waals surface area contributed by atoms with E-state index in [-0.39, 0.29) is 18.2 Å². The number of aryl methyl sites for hydroxylation is 2. The summed E-state index contributed by atoms with van der Waals surface area (Å²) in [5, 5.41) is 5.58. The molecule has 0 saturated heterocycles. The highest BCUT2D eigenvalue weighted by Crippen LogP contribution is 2.14. The molecule has 0 fully saturated rings. The van der Waals surface area contributed by atoms with Crippen LogP contribution in [0.2, 0.25) is 0 Å². The molecule has 23 heavy (non-hydrogen) atoms. The van der Waals surface area contributed by atoms with Crippen molar-refractivity contribution in [3.8, 4) is 0 Å². The zero-order chi connectivity index (χ0) is 16.8. The van der Waals surface area contributed by atoms with Gasteiger partial charge in [-0.05, 0) is 61.4 Å². The van der Waals surface area contributed by atoms with Crippen LogP contribution >= 0.6 is 15.9 Å². The number of halogens is 1. The van der Waals surface area contributed by atoms with E-state index >= 15 is 0 Å². The van der Waals surface area contributed by atoms with Gasteiger partial charge in [-0.25, -0.2) is 0 Å². The first-order valence-electron chi connectivity index (χ1n) is 7.36. The Morgan fingerprint density at radius 1 is 1.00 bits per heavy atom. The van der Waals surface area contributed by atoms with Gasteiger partial charge < -0.3 is 10.6 Å². The largest absolute Gasteiger partial charge is 0.352 e. The van der Waals surface area contributed by atoms with Gasteiger partial charge in [-0.3, -0.25) is 9.59 Å². The van der Waals surface area contributed by atoms with Gasteiger partial charge >= 0.3 is 0 Å². The lowest BCUT2D eigenvalue weighted by Gasteiger charge is -2.08. The van der Waals surface area contributed by atoms with Gasteiger partial charge in [0, 0.05) is 28.7 Å².